The van der Waals surface area contributed by atoms with Crippen LogP contribution in [-0.2, 0) is 18.4 Å². The van der Waals surface area contributed by atoms with Crippen LogP contribution in [0, 0.1) is 0 Å². The van der Waals surface area contributed by atoms with E-state index in [1.807, 2.05) is 13.5 Å². The molecule has 0 fully saturated rings. The highest BCUT2D eigenvalue weighted by molar-refractivity contribution is 6.66. The maximum atomic E-state index is 11.1. The van der Waals surface area contributed by atoms with Crippen molar-refractivity contribution in [3.05, 3.63) is 12.7 Å². The maximum Gasteiger partial charge on any atom is 0.337 e. The summed E-state index contributed by atoms with van der Waals surface area (Å²) in [6.07, 6.45) is 5.29. The molecule has 19 heavy (non-hydrogen) atoms. The van der Waals surface area contributed by atoms with Gasteiger partial charge in [0.15, 0.2) is 6.29 Å². The van der Waals surface area contributed by atoms with E-state index in [0.717, 1.165) is 18.5 Å². The number of rotatable bonds is 11. The molecule has 0 aromatic carbocycles. The fraction of sp³-hybridized carbons (Fsp3) is 0.786. The van der Waals surface area contributed by atoms with Crippen molar-refractivity contribution in [1.29, 1.82) is 0 Å². The summed E-state index contributed by atoms with van der Waals surface area (Å²) in [5.41, 5.74) is 0. The zero-order chi connectivity index (χ0) is 14.7. The molecule has 0 aromatic heterocycles. The molecule has 0 saturated carbocycles. The number of hydrogen-bond acceptors (Lipinski definition) is 4. The second kappa shape index (κ2) is 10.2. The van der Waals surface area contributed by atoms with E-state index in [2.05, 4.69) is 13.5 Å². The van der Waals surface area contributed by atoms with Gasteiger partial charge in [0, 0.05) is 12.7 Å². The predicted molar refractivity (Wildman–Crippen MR) is 79.0 cm³/mol. The molecule has 2 atom stereocenters. The molecular weight excluding hydrogens is 260 g/mol. The van der Waals surface area contributed by atoms with Crippen LogP contribution in [0.1, 0.15) is 46.5 Å². The van der Waals surface area contributed by atoms with Crippen LogP contribution in [-0.4, -0.2) is 27.4 Å². The number of carbonyl (C=O) groups excluding carboxylic acids is 1. The Morgan fingerprint density at radius 3 is 2.53 bits per heavy atom. The van der Waals surface area contributed by atoms with Crippen molar-refractivity contribution in [2.45, 2.75) is 65.3 Å². The average Bonchev–Trinajstić information content (AvgIpc) is 2.34. The topological polar surface area (TPSA) is 44.8 Å². The third kappa shape index (κ3) is 8.97. The molecule has 0 radical (unpaired) electrons. The molecule has 0 spiro atoms. The van der Waals surface area contributed by atoms with Crippen molar-refractivity contribution in [3.8, 4) is 0 Å². The lowest BCUT2D eigenvalue weighted by Gasteiger charge is -2.29. The van der Waals surface area contributed by atoms with Crippen molar-refractivity contribution < 1.29 is 18.4 Å². The minimum Gasteiger partial charge on any atom is -0.434 e. The molecule has 2 unspecified atom stereocenters. The second-order valence-electron chi connectivity index (χ2n) is 4.70. The lowest BCUT2D eigenvalue weighted by molar-refractivity contribution is -0.157. The molecule has 5 heteroatoms. The second-order valence-corrected chi connectivity index (χ2v) is 8.00. The number of carbonyl (C=O) groups is 1. The van der Waals surface area contributed by atoms with E-state index in [1.165, 1.54) is 19.3 Å². The van der Waals surface area contributed by atoms with Crippen LogP contribution in [0.4, 0.5) is 0 Å². The third-order valence-corrected chi connectivity index (χ3v) is 5.79. The Morgan fingerprint density at radius 2 is 2.00 bits per heavy atom. The van der Waals surface area contributed by atoms with Crippen LogP contribution in [0.2, 0.25) is 12.6 Å². The molecule has 0 N–H and O–H groups in total. The van der Waals surface area contributed by atoms with Crippen LogP contribution >= 0.6 is 0 Å². The summed E-state index contributed by atoms with van der Waals surface area (Å²) in [4.78, 5) is 11.1. The highest BCUT2D eigenvalue weighted by Gasteiger charge is 2.33. The molecule has 0 aliphatic heterocycles. The van der Waals surface area contributed by atoms with Gasteiger partial charge in [0.25, 0.3) is 0 Å². The summed E-state index contributed by atoms with van der Waals surface area (Å²) >= 11 is 0. The molecule has 0 bridgehead atoms. The molecule has 0 amide bonds. The Labute approximate surface area is 118 Å². The molecule has 0 rings (SSSR count). The van der Waals surface area contributed by atoms with Gasteiger partial charge in [-0.1, -0.05) is 39.2 Å². The van der Waals surface area contributed by atoms with Gasteiger partial charge in [-0.25, -0.2) is 4.79 Å². The SMILES string of the molecule is C=CC(=O)OC(C)O[Si](C)(CCCCCC)OCC. The molecule has 0 aromatic rings. The molecule has 0 heterocycles. The van der Waals surface area contributed by atoms with Crippen molar-refractivity contribution in [2.75, 3.05) is 6.61 Å². The third-order valence-electron chi connectivity index (χ3n) is 2.80. The van der Waals surface area contributed by atoms with E-state index < -0.39 is 20.8 Å². The molecule has 4 nitrogen and oxygen atoms in total. The summed E-state index contributed by atoms with van der Waals surface area (Å²) < 4.78 is 16.7. The standard InChI is InChI=1S/C14H28O4Si/c1-6-9-10-11-12-19(5,16-8-3)18-13(4)17-14(15)7-2/h7,13H,2,6,8-12H2,1,3-5H3. The lowest BCUT2D eigenvalue weighted by Crippen LogP contribution is -2.42. The molecular formula is C14H28O4Si. The largest absolute Gasteiger partial charge is 0.434 e. The van der Waals surface area contributed by atoms with E-state index in [1.54, 1.807) is 6.92 Å². The van der Waals surface area contributed by atoms with Crippen LogP contribution in [0.25, 0.3) is 0 Å². The van der Waals surface area contributed by atoms with E-state index in [0.29, 0.717) is 6.61 Å². The van der Waals surface area contributed by atoms with E-state index >= 15 is 0 Å². The van der Waals surface area contributed by atoms with Gasteiger partial charge in [-0.2, -0.15) is 0 Å². The number of unbranched alkanes of at least 4 members (excludes halogenated alkanes) is 3. The molecule has 0 aliphatic carbocycles. The van der Waals surface area contributed by atoms with Gasteiger partial charge in [0.2, 0.25) is 0 Å². The van der Waals surface area contributed by atoms with Gasteiger partial charge in [0.1, 0.15) is 0 Å². The first-order valence-corrected chi connectivity index (χ1v) is 9.64. The van der Waals surface area contributed by atoms with E-state index in [9.17, 15) is 4.79 Å². The quantitative estimate of drug-likeness (QED) is 0.191. The number of ether oxygens (including phenoxy) is 1. The van der Waals surface area contributed by atoms with Crippen LogP contribution in [0.3, 0.4) is 0 Å². The predicted octanol–water partition coefficient (Wildman–Crippen LogP) is 3.77. The van der Waals surface area contributed by atoms with E-state index in [4.69, 9.17) is 13.6 Å². The van der Waals surface area contributed by atoms with Crippen LogP contribution in [0.15, 0.2) is 12.7 Å². The molecule has 112 valence electrons. The Hall–Kier alpha value is -0.653. The highest BCUT2D eigenvalue weighted by atomic mass is 28.4. The Kier molecular flexibility index (Phi) is 9.82. The molecule has 0 saturated heterocycles. The fourth-order valence-electron chi connectivity index (χ4n) is 1.93. The van der Waals surface area contributed by atoms with Crippen LogP contribution < -0.4 is 0 Å². The first-order chi connectivity index (χ1) is 8.97. The summed E-state index contributed by atoms with van der Waals surface area (Å²) in [6, 6.07) is 0.927. The van der Waals surface area contributed by atoms with Gasteiger partial charge < -0.3 is 13.6 Å². The van der Waals surface area contributed by atoms with Gasteiger partial charge in [0.05, 0.1) is 0 Å². The number of esters is 1. The fourth-order valence-corrected chi connectivity index (χ4v) is 4.51. The van der Waals surface area contributed by atoms with Gasteiger partial charge in [-0.3, -0.25) is 0 Å². The minimum atomic E-state index is -2.25. The maximum absolute atomic E-state index is 11.1. The van der Waals surface area contributed by atoms with Crippen LogP contribution in [0.5, 0.6) is 0 Å². The van der Waals surface area contributed by atoms with Gasteiger partial charge in [-0.15, -0.1) is 0 Å². The van der Waals surface area contributed by atoms with Gasteiger partial charge >= 0.3 is 14.5 Å². The van der Waals surface area contributed by atoms with Crippen molar-refractivity contribution in [1.82, 2.24) is 0 Å². The first-order valence-electron chi connectivity index (χ1n) is 7.12. The minimum absolute atomic E-state index is 0.466. The summed E-state index contributed by atoms with van der Waals surface area (Å²) in [5, 5.41) is 0. The highest BCUT2D eigenvalue weighted by Crippen LogP contribution is 2.20. The van der Waals surface area contributed by atoms with Crippen molar-refractivity contribution in [3.63, 3.8) is 0 Å². The van der Waals surface area contributed by atoms with Crippen molar-refractivity contribution in [2.24, 2.45) is 0 Å². The zero-order valence-corrected chi connectivity index (χ0v) is 13.7. The Bertz CT molecular complexity index is 270. The first kappa shape index (κ1) is 18.3. The monoisotopic (exact) mass is 288 g/mol. The smallest absolute Gasteiger partial charge is 0.337 e. The average molecular weight is 288 g/mol. The van der Waals surface area contributed by atoms with E-state index in [-0.39, 0.29) is 0 Å². The zero-order valence-electron chi connectivity index (χ0n) is 12.7. The number of hydrogen-bond donors (Lipinski definition) is 0. The normalized spacial score (nSPS) is 15.6. The Balaban J connectivity index is 4.26. The summed E-state index contributed by atoms with van der Waals surface area (Å²) in [7, 11) is -2.25. The lowest BCUT2D eigenvalue weighted by atomic mass is 10.2. The summed E-state index contributed by atoms with van der Waals surface area (Å²) in [5.74, 6) is -0.466. The Morgan fingerprint density at radius 1 is 1.32 bits per heavy atom. The van der Waals surface area contributed by atoms with Crippen molar-refractivity contribution >= 4 is 14.5 Å². The molecule has 0 aliphatic rings. The van der Waals surface area contributed by atoms with Gasteiger partial charge in [-0.05, 0) is 26.4 Å². The summed E-state index contributed by atoms with van der Waals surface area (Å²) in [6.45, 7) is 11.9.